The smallest absolute Gasteiger partial charge is 0.240 e. The van der Waals surface area contributed by atoms with Gasteiger partial charge in [-0.15, -0.1) is 0 Å². The first-order valence-corrected chi connectivity index (χ1v) is 8.90. The second-order valence-electron chi connectivity index (χ2n) is 5.39. The molecule has 21 heavy (non-hydrogen) atoms. The van der Waals surface area contributed by atoms with E-state index in [-0.39, 0.29) is 6.04 Å². The molecule has 0 radical (unpaired) electrons. The molecule has 1 fully saturated rings. The molecule has 0 spiro atoms. The van der Waals surface area contributed by atoms with Gasteiger partial charge in [0.2, 0.25) is 10.0 Å². The zero-order chi connectivity index (χ0) is 15.5. The van der Waals surface area contributed by atoms with E-state index < -0.39 is 10.0 Å². The van der Waals surface area contributed by atoms with Gasteiger partial charge in [-0.2, -0.15) is 0 Å². The predicted molar refractivity (Wildman–Crippen MR) is 82.9 cm³/mol. The number of methoxy groups -OCH3 is 1. The minimum absolute atomic E-state index is 0.0966. The van der Waals surface area contributed by atoms with Gasteiger partial charge >= 0.3 is 0 Å². The number of sulfonamides is 1. The maximum absolute atomic E-state index is 12.4. The van der Waals surface area contributed by atoms with E-state index >= 15 is 0 Å². The van der Waals surface area contributed by atoms with Crippen LogP contribution in [-0.2, 0) is 16.6 Å². The van der Waals surface area contributed by atoms with Gasteiger partial charge in [0.1, 0.15) is 5.75 Å². The van der Waals surface area contributed by atoms with Crippen LogP contribution >= 0.6 is 0 Å². The molecule has 1 aromatic carbocycles. The summed E-state index contributed by atoms with van der Waals surface area (Å²) in [7, 11) is -1.86. The SMILES string of the molecule is CCNCc1cc(S(=O)(=O)NC2CC2CC)ccc1OC. The molecule has 0 aromatic heterocycles. The Balaban J connectivity index is 2.18. The fourth-order valence-electron chi connectivity index (χ4n) is 2.43. The van der Waals surface area contributed by atoms with Crippen molar-refractivity contribution >= 4 is 10.0 Å². The first kappa shape index (κ1) is 16.3. The Bertz CT molecular complexity index is 587. The molecular formula is C15H24N2O3S. The van der Waals surface area contributed by atoms with E-state index in [1.54, 1.807) is 25.3 Å². The largest absolute Gasteiger partial charge is 0.496 e. The molecule has 0 saturated heterocycles. The Hall–Kier alpha value is -1.11. The summed E-state index contributed by atoms with van der Waals surface area (Å²) in [6.07, 6.45) is 1.96. The van der Waals surface area contributed by atoms with Crippen molar-refractivity contribution in [1.29, 1.82) is 0 Å². The maximum Gasteiger partial charge on any atom is 0.240 e. The molecule has 6 heteroatoms. The second-order valence-corrected chi connectivity index (χ2v) is 7.10. The highest BCUT2D eigenvalue weighted by molar-refractivity contribution is 7.89. The molecule has 0 heterocycles. The van der Waals surface area contributed by atoms with Crippen molar-refractivity contribution in [3.05, 3.63) is 23.8 Å². The van der Waals surface area contributed by atoms with Gasteiger partial charge in [0, 0.05) is 18.2 Å². The van der Waals surface area contributed by atoms with Crippen molar-refractivity contribution in [2.24, 2.45) is 5.92 Å². The van der Waals surface area contributed by atoms with Crippen molar-refractivity contribution in [3.8, 4) is 5.75 Å². The summed E-state index contributed by atoms with van der Waals surface area (Å²) in [4.78, 5) is 0.304. The fraction of sp³-hybridized carbons (Fsp3) is 0.600. The molecule has 1 aliphatic carbocycles. The molecule has 2 unspecified atom stereocenters. The molecule has 0 bridgehead atoms. The third kappa shape index (κ3) is 3.96. The lowest BCUT2D eigenvalue weighted by Crippen LogP contribution is -2.27. The van der Waals surface area contributed by atoms with E-state index in [1.807, 2.05) is 6.92 Å². The summed E-state index contributed by atoms with van der Waals surface area (Å²) in [5.41, 5.74) is 0.852. The van der Waals surface area contributed by atoms with Gasteiger partial charge < -0.3 is 10.1 Å². The first-order chi connectivity index (χ1) is 10.0. The predicted octanol–water partition coefficient (Wildman–Crippen LogP) is 1.88. The molecule has 5 nitrogen and oxygen atoms in total. The number of hydrogen-bond acceptors (Lipinski definition) is 4. The van der Waals surface area contributed by atoms with Gasteiger partial charge in [0.15, 0.2) is 0 Å². The lowest BCUT2D eigenvalue weighted by atomic mass is 10.2. The van der Waals surface area contributed by atoms with Crippen LogP contribution in [0.25, 0.3) is 0 Å². The first-order valence-electron chi connectivity index (χ1n) is 7.41. The van der Waals surface area contributed by atoms with Crippen LogP contribution in [-0.4, -0.2) is 28.1 Å². The third-order valence-corrected chi connectivity index (χ3v) is 5.37. The van der Waals surface area contributed by atoms with Crippen LogP contribution in [0.4, 0.5) is 0 Å². The highest BCUT2D eigenvalue weighted by atomic mass is 32.2. The molecule has 1 aliphatic rings. The number of benzene rings is 1. The summed E-state index contributed by atoms with van der Waals surface area (Å²) < 4.78 is 32.9. The van der Waals surface area contributed by atoms with Crippen LogP contribution in [0.2, 0.25) is 0 Å². The molecular weight excluding hydrogens is 288 g/mol. The van der Waals surface area contributed by atoms with Crippen LogP contribution in [0.1, 0.15) is 32.3 Å². The minimum atomic E-state index is -3.45. The van der Waals surface area contributed by atoms with Crippen molar-refractivity contribution in [1.82, 2.24) is 10.0 Å². The van der Waals surface area contributed by atoms with Crippen LogP contribution < -0.4 is 14.8 Å². The van der Waals surface area contributed by atoms with Gasteiger partial charge in [-0.05, 0) is 37.1 Å². The molecule has 1 saturated carbocycles. The molecule has 1 aromatic rings. The van der Waals surface area contributed by atoms with Crippen molar-refractivity contribution < 1.29 is 13.2 Å². The average molecular weight is 312 g/mol. The number of nitrogens with one attached hydrogen (secondary N) is 2. The number of ether oxygens (including phenoxy) is 1. The van der Waals surface area contributed by atoms with Crippen molar-refractivity contribution in [2.75, 3.05) is 13.7 Å². The Morgan fingerprint density at radius 1 is 1.33 bits per heavy atom. The van der Waals surface area contributed by atoms with Gasteiger partial charge in [-0.1, -0.05) is 20.3 Å². The third-order valence-electron chi connectivity index (χ3n) is 3.88. The molecule has 0 aliphatic heterocycles. The molecule has 2 atom stereocenters. The van der Waals surface area contributed by atoms with Crippen molar-refractivity contribution in [2.45, 2.75) is 44.2 Å². The van der Waals surface area contributed by atoms with E-state index in [4.69, 9.17) is 4.74 Å². The Kier molecular flexibility index (Phi) is 5.24. The molecule has 118 valence electrons. The van der Waals surface area contributed by atoms with E-state index in [1.165, 1.54) is 0 Å². The van der Waals surface area contributed by atoms with Gasteiger partial charge in [-0.25, -0.2) is 13.1 Å². The van der Waals surface area contributed by atoms with Gasteiger partial charge in [-0.3, -0.25) is 0 Å². The van der Waals surface area contributed by atoms with Gasteiger partial charge in [0.25, 0.3) is 0 Å². The number of hydrogen-bond donors (Lipinski definition) is 2. The quantitative estimate of drug-likeness (QED) is 0.769. The molecule has 0 amide bonds. The summed E-state index contributed by atoms with van der Waals surface area (Å²) >= 11 is 0. The van der Waals surface area contributed by atoms with Crippen molar-refractivity contribution in [3.63, 3.8) is 0 Å². The van der Waals surface area contributed by atoms with Crippen LogP contribution in [0, 0.1) is 5.92 Å². The number of rotatable bonds is 8. The zero-order valence-electron chi connectivity index (χ0n) is 12.8. The normalized spacial score (nSPS) is 21.3. The summed E-state index contributed by atoms with van der Waals surface area (Å²) in [5, 5.41) is 3.19. The maximum atomic E-state index is 12.4. The summed E-state index contributed by atoms with van der Waals surface area (Å²) in [5.74, 6) is 1.19. The summed E-state index contributed by atoms with van der Waals surface area (Å²) in [6, 6.07) is 5.10. The highest BCUT2D eigenvalue weighted by Crippen LogP contribution is 2.34. The Labute approximate surface area is 127 Å². The lowest BCUT2D eigenvalue weighted by Gasteiger charge is -2.12. The standard InChI is InChI=1S/C15H24N2O3S/c1-4-11-9-14(11)17-21(18,19)13-6-7-15(20-3)12(8-13)10-16-5-2/h6-8,11,14,16-17H,4-5,9-10H2,1-3H3. The van der Waals surface area contributed by atoms with E-state index in [2.05, 4.69) is 17.0 Å². The van der Waals surface area contributed by atoms with Gasteiger partial charge in [0.05, 0.1) is 12.0 Å². The Morgan fingerprint density at radius 2 is 2.10 bits per heavy atom. The Morgan fingerprint density at radius 3 is 2.67 bits per heavy atom. The lowest BCUT2D eigenvalue weighted by molar-refractivity contribution is 0.407. The van der Waals surface area contributed by atoms with Crippen LogP contribution in [0.3, 0.4) is 0 Å². The van der Waals surface area contributed by atoms with E-state index in [9.17, 15) is 8.42 Å². The molecule has 2 rings (SSSR count). The monoisotopic (exact) mass is 312 g/mol. The minimum Gasteiger partial charge on any atom is -0.496 e. The molecule has 2 N–H and O–H groups in total. The van der Waals surface area contributed by atoms with Crippen LogP contribution in [0.5, 0.6) is 5.75 Å². The average Bonchev–Trinajstić information content (AvgIpc) is 3.22. The fourth-order valence-corrected chi connectivity index (χ4v) is 3.80. The second kappa shape index (κ2) is 6.77. The summed E-state index contributed by atoms with van der Waals surface area (Å²) in [6.45, 7) is 5.50. The van der Waals surface area contributed by atoms with E-state index in [0.29, 0.717) is 23.1 Å². The zero-order valence-corrected chi connectivity index (χ0v) is 13.7. The topological polar surface area (TPSA) is 67.4 Å². The van der Waals surface area contributed by atoms with E-state index in [0.717, 1.165) is 24.9 Å². The highest BCUT2D eigenvalue weighted by Gasteiger charge is 2.38. The van der Waals surface area contributed by atoms with Crippen LogP contribution in [0.15, 0.2) is 23.1 Å².